The quantitative estimate of drug-likeness (QED) is 0.428. The maximum absolute atomic E-state index is 12.4. The number of fused-ring (bicyclic) bond motifs is 2. The van der Waals surface area contributed by atoms with Crippen molar-refractivity contribution in [2.75, 3.05) is 0 Å². The summed E-state index contributed by atoms with van der Waals surface area (Å²) in [6, 6.07) is 20.3. The molecule has 4 aromatic rings. The van der Waals surface area contributed by atoms with E-state index in [-0.39, 0.29) is 12.1 Å². The number of carbonyl (C=O) groups excluding carboxylic acids is 1. The van der Waals surface area contributed by atoms with Crippen LogP contribution in [0.1, 0.15) is 0 Å². The summed E-state index contributed by atoms with van der Waals surface area (Å²) in [6.07, 6.45) is 1.37. The molecule has 4 rings (SSSR count). The van der Waals surface area contributed by atoms with Crippen LogP contribution in [0.3, 0.4) is 0 Å². The van der Waals surface area contributed by atoms with Gasteiger partial charge in [-0.05, 0) is 35.0 Å². The van der Waals surface area contributed by atoms with Crippen molar-refractivity contribution in [2.45, 2.75) is 6.54 Å². The van der Waals surface area contributed by atoms with Crippen LogP contribution in [0.5, 0.6) is 5.75 Å². The van der Waals surface area contributed by atoms with Gasteiger partial charge in [0.2, 0.25) is 0 Å². The highest BCUT2D eigenvalue weighted by Gasteiger charge is 2.10. The van der Waals surface area contributed by atoms with Gasteiger partial charge in [0.05, 0.1) is 17.2 Å². The van der Waals surface area contributed by atoms with E-state index in [9.17, 15) is 9.59 Å². The molecule has 0 unspecified atom stereocenters. The van der Waals surface area contributed by atoms with Crippen molar-refractivity contribution < 1.29 is 9.53 Å². The van der Waals surface area contributed by atoms with Crippen molar-refractivity contribution in [3.8, 4) is 5.75 Å². The Morgan fingerprint density at radius 2 is 1.72 bits per heavy atom. The monoisotopic (exact) mass is 330 g/mol. The zero-order chi connectivity index (χ0) is 17.2. The Hall–Kier alpha value is -3.47. The third-order valence-electron chi connectivity index (χ3n) is 3.98. The van der Waals surface area contributed by atoms with Gasteiger partial charge in [0.15, 0.2) is 0 Å². The molecule has 122 valence electrons. The van der Waals surface area contributed by atoms with Gasteiger partial charge in [-0.1, -0.05) is 42.5 Å². The van der Waals surface area contributed by atoms with Crippen molar-refractivity contribution in [3.63, 3.8) is 0 Å². The largest absolute Gasteiger partial charge is 0.425 e. The lowest BCUT2D eigenvalue weighted by molar-refractivity contribution is -0.135. The van der Waals surface area contributed by atoms with Crippen molar-refractivity contribution in [1.29, 1.82) is 0 Å². The molecule has 1 aromatic heterocycles. The average molecular weight is 330 g/mol. The predicted octanol–water partition coefficient (Wildman–Crippen LogP) is 3.16. The molecular formula is C20H14N2O3. The summed E-state index contributed by atoms with van der Waals surface area (Å²) in [5.41, 5.74) is 0.340. The third kappa shape index (κ3) is 2.99. The smallest absolute Gasteiger partial charge is 0.331 e. The Labute approximate surface area is 143 Å². The van der Waals surface area contributed by atoms with Gasteiger partial charge in [0.25, 0.3) is 5.56 Å². The van der Waals surface area contributed by atoms with Crippen LogP contribution >= 0.6 is 0 Å². The zero-order valence-corrected chi connectivity index (χ0v) is 13.3. The molecule has 25 heavy (non-hydrogen) atoms. The molecule has 0 spiro atoms. The van der Waals surface area contributed by atoms with Crippen LogP contribution in [-0.2, 0) is 11.3 Å². The molecule has 0 atom stereocenters. The summed E-state index contributed by atoms with van der Waals surface area (Å²) < 4.78 is 6.62. The fourth-order valence-corrected chi connectivity index (χ4v) is 2.75. The van der Waals surface area contributed by atoms with Crippen LogP contribution in [0.4, 0.5) is 0 Å². The summed E-state index contributed by atoms with van der Waals surface area (Å²) in [5, 5.41) is 2.53. The van der Waals surface area contributed by atoms with Crippen molar-refractivity contribution in [2.24, 2.45) is 0 Å². The number of hydrogen-bond donors (Lipinski definition) is 0. The van der Waals surface area contributed by atoms with Gasteiger partial charge in [-0.25, -0.2) is 9.78 Å². The topological polar surface area (TPSA) is 61.2 Å². The molecule has 0 aliphatic carbocycles. The van der Waals surface area contributed by atoms with Gasteiger partial charge in [-0.2, -0.15) is 0 Å². The van der Waals surface area contributed by atoms with Crippen LogP contribution in [0, 0.1) is 0 Å². The van der Waals surface area contributed by atoms with E-state index in [1.54, 1.807) is 30.3 Å². The summed E-state index contributed by atoms with van der Waals surface area (Å²) >= 11 is 0. The first kappa shape index (κ1) is 15.1. The minimum Gasteiger partial charge on any atom is -0.425 e. The number of hydrogen-bond acceptors (Lipinski definition) is 4. The Bertz CT molecular complexity index is 1150. The first-order valence-electron chi connectivity index (χ1n) is 7.84. The van der Waals surface area contributed by atoms with Crippen LogP contribution in [0.2, 0.25) is 0 Å². The summed E-state index contributed by atoms with van der Waals surface area (Å²) in [6.45, 7) is -0.191. The number of benzene rings is 3. The molecular weight excluding hydrogens is 316 g/mol. The molecule has 0 saturated carbocycles. The molecule has 0 aliphatic heterocycles. The lowest BCUT2D eigenvalue weighted by Crippen LogP contribution is -2.26. The lowest BCUT2D eigenvalue weighted by atomic mass is 10.1. The minimum atomic E-state index is -0.519. The zero-order valence-electron chi connectivity index (χ0n) is 13.3. The molecule has 1 heterocycles. The number of nitrogens with zero attached hydrogens (tertiary/aromatic N) is 2. The molecule has 5 heteroatoms. The van der Waals surface area contributed by atoms with Gasteiger partial charge < -0.3 is 4.74 Å². The maximum atomic E-state index is 12.4. The van der Waals surface area contributed by atoms with Crippen molar-refractivity contribution in [3.05, 3.63) is 83.4 Å². The Morgan fingerprint density at radius 1 is 0.960 bits per heavy atom. The number of ether oxygens (including phenoxy) is 1. The second kappa shape index (κ2) is 6.20. The molecule has 0 aliphatic rings. The van der Waals surface area contributed by atoms with Gasteiger partial charge in [-0.15, -0.1) is 0 Å². The lowest BCUT2D eigenvalue weighted by Gasteiger charge is -2.08. The molecule has 3 aromatic carbocycles. The second-order valence-electron chi connectivity index (χ2n) is 5.68. The molecule has 0 radical (unpaired) electrons. The Kier molecular flexibility index (Phi) is 3.74. The number of esters is 1. The van der Waals surface area contributed by atoms with E-state index >= 15 is 0 Å². The Balaban J connectivity index is 1.57. The summed E-state index contributed by atoms with van der Waals surface area (Å²) in [7, 11) is 0. The molecule has 0 bridgehead atoms. The number of para-hydroxylation sites is 1. The third-order valence-corrected chi connectivity index (χ3v) is 3.98. The van der Waals surface area contributed by atoms with Crippen LogP contribution in [0.25, 0.3) is 21.7 Å². The Morgan fingerprint density at radius 3 is 2.60 bits per heavy atom. The van der Waals surface area contributed by atoms with E-state index in [0.29, 0.717) is 16.7 Å². The normalized spacial score (nSPS) is 10.9. The van der Waals surface area contributed by atoms with Crippen LogP contribution < -0.4 is 10.3 Å². The second-order valence-corrected chi connectivity index (χ2v) is 5.68. The maximum Gasteiger partial charge on any atom is 0.331 e. The standard InChI is InChI=1S/C20H14N2O3/c23-19(25-16-10-9-14-5-1-2-6-15(14)11-16)12-22-13-21-18-8-4-3-7-17(18)20(22)24/h1-11,13H,12H2. The molecule has 0 fully saturated rings. The van der Waals surface area contributed by atoms with Crippen molar-refractivity contribution >= 4 is 27.6 Å². The highest BCUT2D eigenvalue weighted by atomic mass is 16.5. The van der Waals surface area contributed by atoms with E-state index in [1.165, 1.54) is 10.9 Å². The van der Waals surface area contributed by atoms with Gasteiger partial charge >= 0.3 is 5.97 Å². The molecule has 0 N–H and O–H groups in total. The molecule has 5 nitrogen and oxygen atoms in total. The van der Waals surface area contributed by atoms with E-state index in [0.717, 1.165) is 10.8 Å². The first-order chi connectivity index (χ1) is 12.2. The van der Waals surface area contributed by atoms with Crippen molar-refractivity contribution in [1.82, 2.24) is 9.55 Å². The number of carbonyl (C=O) groups is 1. The van der Waals surface area contributed by atoms with E-state index in [4.69, 9.17) is 4.74 Å². The minimum absolute atomic E-state index is 0.191. The van der Waals surface area contributed by atoms with Crippen LogP contribution in [-0.4, -0.2) is 15.5 Å². The van der Waals surface area contributed by atoms with Crippen LogP contribution in [0.15, 0.2) is 77.9 Å². The highest BCUT2D eigenvalue weighted by Crippen LogP contribution is 2.20. The number of rotatable bonds is 3. The SMILES string of the molecule is O=C(Cn1cnc2ccccc2c1=O)Oc1ccc2ccccc2c1. The van der Waals surface area contributed by atoms with E-state index in [1.807, 2.05) is 36.4 Å². The average Bonchev–Trinajstić information content (AvgIpc) is 2.64. The van der Waals surface area contributed by atoms with Gasteiger partial charge in [0.1, 0.15) is 12.3 Å². The first-order valence-corrected chi connectivity index (χ1v) is 7.84. The summed E-state index contributed by atoms with van der Waals surface area (Å²) in [5.74, 6) is -0.0695. The van der Waals surface area contributed by atoms with E-state index < -0.39 is 5.97 Å². The predicted molar refractivity (Wildman–Crippen MR) is 95.6 cm³/mol. The van der Waals surface area contributed by atoms with Gasteiger partial charge in [-0.3, -0.25) is 9.36 Å². The van der Waals surface area contributed by atoms with Gasteiger partial charge in [0, 0.05) is 0 Å². The fraction of sp³-hybridized carbons (Fsp3) is 0.0500. The van der Waals surface area contributed by atoms with E-state index in [2.05, 4.69) is 4.98 Å². The summed E-state index contributed by atoms with van der Waals surface area (Å²) in [4.78, 5) is 28.8. The highest BCUT2D eigenvalue weighted by molar-refractivity contribution is 5.84. The fourth-order valence-electron chi connectivity index (χ4n) is 2.75. The molecule has 0 amide bonds. The number of aromatic nitrogens is 2. The molecule has 0 saturated heterocycles.